The summed E-state index contributed by atoms with van der Waals surface area (Å²) >= 11 is 3.51. The van der Waals surface area contributed by atoms with Crippen LogP contribution in [0.4, 0.5) is 10.5 Å². The second-order valence-corrected chi connectivity index (χ2v) is 7.83. The van der Waals surface area contributed by atoms with E-state index in [0.717, 1.165) is 34.9 Å². The molecule has 0 unspecified atom stereocenters. The van der Waals surface area contributed by atoms with Crippen LogP contribution < -0.4 is 16.0 Å². The van der Waals surface area contributed by atoms with Crippen molar-refractivity contribution in [2.75, 3.05) is 11.9 Å². The smallest absolute Gasteiger partial charge is 0.319 e. The first-order valence-electron chi connectivity index (χ1n) is 9.17. The molecule has 0 heterocycles. The van der Waals surface area contributed by atoms with E-state index in [4.69, 9.17) is 0 Å². The van der Waals surface area contributed by atoms with Gasteiger partial charge in [0.2, 0.25) is 0 Å². The van der Waals surface area contributed by atoms with E-state index >= 15 is 0 Å². The minimum Gasteiger partial charge on any atom is -0.352 e. The standard InChI is InChI=1S/C21H24BrN3O2/c1-3-23-19(26)15-9-8-14(2)18(12-15)24-20(27)25-21(10-5-11-21)16-6-4-7-17(22)13-16/h4,6-9,12-13H,3,5,10-11H2,1-2H3,(H,23,26)(H2,24,25,27). The molecular formula is C21H24BrN3O2. The van der Waals surface area contributed by atoms with E-state index in [-0.39, 0.29) is 17.5 Å². The third-order valence-electron chi connectivity index (χ3n) is 5.02. The quantitative estimate of drug-likeness (QED) is 0.643. The maximum absolute atomic E-state index is 12.7. The number of urea groups is 1. The van der Waals surface area contributed by atoms with Gasteiger partial charge >= 0.3 is 6.03 Å². The largest absolute Gasteiger partial charge is 0.352 e. The van der Waals surface area contributed by atoms with E-state index in [2.05, 4.69) is 37.9 Å². The van der Waals surface area contributed by atoms with Gasteiger partial charge in [0, 0.05) is 22.3 Å². The molecule has 6 heteroatoms. The highest BCUT2D eigenvalue weighted by Gasteiger charge is 2.40. The summed E-state index contributed by atoms with van der Waals surface area (Å²) in [6.45, 7) is 4.34. The Morgan fingerprint density at radius 3 is 2.56 bits per heavy atom. The number of carbonyl (C=O) groups excluding carboxylic acids is 2. The predicted molar refractivity (Wildman–Crippen MR) is 111 cm³/mol. The van der Waals surface area contributed by atoms with Crippen molar-refractivity contribution >= 4 is 33.6 Å². The van der Waals surface area contributed by atoms with Crippen molar-refractivity contribution in [1.82, 2.24) is 10.6 Å². The molecule has 3 rings (SSSR count). The Bertz CT molecular complexity index is 862. The van der Waals surface area contributed by atoms with Gasteiger partial charge in [-0.1, -0.05) is 34.1 Å². The summed E-state index contributed by atoms with van der Waals surface area (Å²) < 4.78 is 0.999. The fourth-order valence-corrected chi connectivity index (χ4v) is 3.73. The number of anilines is 1. The highest BCUT2D eigenvalue weighted by Crippen LogP contribution is 2.42. The lowest BCUT2D eigenvalue weighted by Crippen LogP contribution is -2.52. The number of nitrogens with one attached hydrogen (secondary N) is 3. The second kappa shape index (κ2) is 8.13. The van der Waals surface area contributed by atoms with Crippen LogP contribution in [0.1, 0.15) is 47.7 Å². The lowest BCUT2D eigenvalue weighted by atomic mass is 9.72. The molecule has 0 aliphatic heterocycles. The SMILES string of the molecule is CCNC(=O)c1ccc(C)c(NC(=O)NC2(c3cccc(Br)c3)CCC2)c1. The van der Waals surface area contributed by atoms with Crippen LogP contribution in [-0.2, 0) is 5.54 Å². The first-order valence-corrected chi connectivity index (χ1v) is 9.97. The molecule has 1 aliphatic carbocycles. The fraction of sp³-hybridized carbons (Fsp3) is 0.333. The summed E-state index contributed by atoms with van der Waals surface area (Å²) in [4.78, 5) is 24.8. The third kappa shape index (κ3) is 4.33. The summed E-state index contributed by atoms with van der Waals surface area (Å²) in [5, 5.41) is 8.84. The molecular weight excluding hydrogens is 406 g/mol. The number of hydrogen-bond acceptors (Lipinski definition) is 2. The van der Waals surface area contributed by atoms with Gasteiger partial charge in [0.15, 0.2) is 0 Å². The summed E-state index contributed by atoms with van der Waals surface area (Å²) in [6, 6.07) is 13.1. The highest BCUT2D eigenvalue weighted by atomic mass is 79.9. The summed E-state index contributed by atoms with van der Waals surface area (Å²) in [7, 11) is 0. The Kier molecular flexibility index (Phi) is 5.85. The molecule has 1 fully saturated rings. The van der Waals surface area contributed by atoms with Gasteiger partial charge in [-0.2, -0.15) is 0 Å². The summed E-state index contributed by atoms with van der Waals surface area (Å²) in [5.74, 6) is -0.148. The maximum Gasteiger partial charge on any atom is 0.319 e. The van der Waals surface area contributed by atoms with Crippen LogP contribution in [0, 0.1) is 6.92 Å². The van der Waals surface area contributed by atoms with Crippen LogP contribution in [0.25, 0.3) is 0 Å². The van der Waals surface area contributed by atoms with Crippen molar-refractivity contribution in [2.24, 2.45) is 0 Å². The zero-order chi connectivity index (χ0) is 19.4. The van der Waals surface area contributed by atoms with Crippen molar-refractivity contribution < 1.29 is 9.59 Å². The molecule has 5 nitrogen and oxygen atoms in total. The third-order valence-corrected chi connectivity index (χ3v) is 5.52. The molecule has 0 aromatic heterocycles. The normalized spacial score (nSPS) is 14.8. The van der Waals surface area contributed by atoms with Crippen LogP contribution in [0.15, 0.2) is 46.9 Å². The van der Waals surface area contributed by atoms with Crippen molar-refractivity contribution in [2.45, 2.75) is 38.6 Å². The molecule has 0 spiro atoms. The van der Waals surface area contributed by atoms with Crippen LogP contribution in [-0.4, -0.2) is 18.5 Å². The Morgan fingerprint density at radius 1 is 1.15 bits per heavy atom. The Hall–Kier alpha value is -2.34. The average molecular weight is 430 g/mol. The van der Waals surface area contributed by atoms with Gasteiger partial charge in [-0.05, 0) is 68.5 Å². The summed E-state index contributed by atoms with van der Waals surface area (Å²) in [5.41, 5.74) is 2.84. The second-order valence-electron chi connectivity index (χ2n) is 6.91. The molecule has 0 bridgehead atoms. The monoisotopic (exact) mass is 429 g/mol. The lowest BCUT2D eigenvalue weighted by Gasteiger charge is -2.43. The number of benzene rings is 2. The van der Waals surface area contributed by atoms with E-state index < -0.39 is 0 Å². The molecule has 1 saturated carbocycles. The first-order chi connectivity index (χ1) is 12.9. The van der Waals surface area contributed by atoms with Gasteiger partial charge in [-0.15, -0.1) is 0 Å². The van der Waals surface area contributed by atoms with Gasteiger partial charge in [-0.25, -0.2) is 4.79 Å². The molecule has 0 saturated heterocycles. The molecule has 27 heavy (non-hydrogen) atoms. The Balaban J connectivity index is 1.75. The number of amides is 3. The first kappa shape index (κ1) is 19.4. The zero-order valence-corrected chi connectivity index (χ0v) is 17.2. The zero-order valence-electron chi connectivity index (χ0n) is 15.6. The van der Waals surface area contributed by atoms with Gasteiger partial charge in [0.1, 0.15) is 0 Å². The van der Waals surface area contributed by atoms with E-state index in [9.17, 15) is 9.59 Å². The van der Waals surface area contributed by atoms with E-state index in [1.165, 1.54) is 0 Å². The van der Waals surface area contributed by atoms with Crippen LogP contribution in [0.3, 0.4) is 0 Å². The Labute approximate surface area is 168 Å². The number of aryl methyl sites for hydroxylation is 1. The van der Waals surface area contributed by atoms with Crippen molar-refractivity contribution in [1.29, 1.82) is 0 Å². The topological polar surface area (TPSA) is 70.2 Å². The molecule has 0 radical (unpaired) electrons. The minimum atomic E-state index is -0.334. The van der Waals surface area contributed by atoms with E-state index in [1.54, 1.807) is 12.1 Å². The van der Waals surface area contributed by atoms with E-state index in [0.29, 0.717) is 17.8 Å². The molecule has 3 amide bonds. The van der Waals surface area contributed by atoms with Crippen LogP contribution in [0.5, 0.6) is 0 Å². The lowest BCUT2D eigenvalue weighted by molar-refractivity contribution is 0.0956. The number of halogens is 1. The molecule has 3 N–H and O–H groups in total. The molecule has 2 aromatic rings. The van der Waals surface area contributed by atoms with Crippen molar-refractivity contribution in [3.8, 4) is 0 Å². The minimum absolute atomic E-state index is 0.148. The van der Waals surface area contributed by atoms with E-state index in [1.807, 2.05) is 38.1 Å². The van der Waals surface area contributed by atoms with Crippen LogP contribution >= 0.6 is 15.9 Å². The molecule has 2 aromatic carbocycles. The van der Waals surface area contributed by atoms with Gasteiger partial charge in [-0.3, -0.25) is 4.79 Å². The van der Waals surface area contributed by atoms with Gasteiger partial charge in [0.05, 0.1) is 5.54 Å². The molecule has 0 atom stereocenters. The van der Waals surface area contributed by atoms with Gasteiger partial charge < -0.3 is 16.0 Å². The number of hydrogen-bond donors (Lipinski definition) is 3. The fourth-order valence-electron chi connectivity index (χ4n) is 3.33. The maximum atomic E-state index is 12.7. The number of carbonyl (C=O) groups is 2. The highest BCUT2D eigenvalue weighted by molar-refractivity contribution is 9.10. The average Bonchev–Trinajstić information content (AvgIpc) is 2.60. The van der Waals surface area contributed by atoms with Crippen LogP contribution in [0.2, 0.25) is 0 Å². The number of rotatable bonds is 5. The van der Waals surface area contributed by atoms with Crippen molar-refractivity contribution in [3.63, 3.8) is 0 Å². The summed E-state index contributed by atoms with van der Waals surface area (Å²) in [6.07, 6.45) is 2.90. The predicted octanol–water partition coefficient (Wildman–Crippen LogP) is 4.71. The van der Waals surface area contributed by atoms with Gasteiger partial charge in [0.25, 0.3) is 5.91 Å². The molecule has 142 valence electrons. The Morgan fingerprint density at radius 2 is 1.93 bits per heavy atom. The van der Waals surface area contributed by atoms with Crippen molar-refractivity contribution in [3.05, 3.63) is 63.6 Å². The molecule has 1 aliphatic rings.